The second kappa shape index (κ2) is 7.65. The summed E-state index contributed by atoms with van der Waals surface area (Å²) >= 11 is 0. The van der Waals surface area contributed by atoms with Crippen molar-refractivity contribution in [1.82, 2.24) is 4.90 Å². The van der Waals surface area contributed by atoms with Crippen molar-refractivity contribution in [3.8, 4) is 6.07 Å². The summed E-state index contributed by atoms with van der Waals surface area (Å²) < 4.78 is 5.41. The molecule has 0 radical (unpaired) electrons. The second-order valence-electron chi connectivity index (χ2n) is 5.32. The first-order valence-electron chi connectivity index (χ1n) is 6.05. The Morgan fingerprint density at radius 1 is 1.31 bits per heavy atom. The summed E-state index contributed by atoms with van der Waals surface area (Å²) in [5, 5.41) is 8.62. The van der Waals surface area contributed by atoms with E-state index < -0.39 is 0 Å². The predicted octanol–water partition coefficient (Wildman–Crippen LogP) is 2.67. The van der Waals surface area contributed by atoms with Gasteiger partial charge in [-0.05, 0) is 26.2 Å². The summed E-state index contributed by atoms with van der Waals surface area (Å²) in [4.78, 5) is 2.36. The fourth-order valence-corrected chi connectivity index (χ4v) is 1.55. The maximum absolute atomic E-state index is 8.62. The first-order valence-corrected chi connectivity index (χ1v) is 6.05. The van der Waals surface area contributed by atoms with Crippen LogP contribution in [0.2, 0.25) is 0 Å². The Labute approximate surface area is 100 Å². The third-order valence-electron chi connectivity index (χ3n) is 2.75. The molecular weight excluding hydrogens is 200 g/mol. The molecule has 0 spiro atoms. The Morgan fingerprint density at radius 3 is 2.38 bits per heavy atom. The van der Waals surface area contributed by atoms with E-state index in [0.29, 0.717) is 12.3 Å². The van der Waals surface area contributed by atoms with Crippen molar-refractivity contribution in [3.63, 3.8) is 0 Å². The molecule has 0 aliphatic heterocycles. The van der Waals surface area contributed by atoms with Crippen LogP contribution in [-0.4, -0.2) is 37.2 Å². The number of ether oxygens (including phenoxy) is 1. The van der Waals surface area contributed by atoms with Crippen molar-refractivity contribution in [2.45, 2.75) is 46.1 Å². The van der Waals surface area contributed by atoms with Crippen molar-refractivity contribution in [1.29, 1.82) is 5.26 Å². The van der Waals surface area contributed by atoms with E-state index in [0.717, 1.165) is 26.1 Å². The number of nitrogens with zero attached hydrogens (tertiary/aromatic N) is 2. The highest BCUT2D eigenvalue weighted by Crippen LogP contribution is 2.14. The molecule has 0 aromatic heterocycles. The Bertz CT molecular complexity index is 218. The van der Waals surface area contributed by atoms with Gasteiger partial charge in [-0.3, -0.25) is 0 Å². The van der Waals surface area contributed by atoms with Crippen LogP contribution >= 0.6 is 0 Å². The molecule has 0 heterocycles. The van der Waals surface area contributed by atoms with E-state index in [9.17, 15) is 0 Å². The van der Waals surface area contributed by atoms with Crippen LogP contribution in [0.25, 0.3) is 0 Å². The Morgan fingerprint density at radius 2 is 1.94 bits per heavy atom. The molecule has 0 aliphatic carbocycles. The highest BCUT2D eigenvalue weighted by molar-refractivity contribution is 4.76. The highest BCUT2D eigenvalue weighted by Gasteiger charge is 2.18. The predicted molar refractivity (Wildman–Crippen MR) is 67.2 cm³/mol. The van der Waals surface area contributed by atoms with Crippen molar-refractivity contribution in [2.24, 2.45) is 5.92 Å². The first kappa shape index (κ1) is 15.4. The number of nitriles is 1. The molecule has 0 N–H and O–H groups in total. The average Bonchev–Trinajstić information content (AvgIpc) is 2.21. The molecule has 0 aromatic carbocycles. The zero-order valence-corrected chi connectivity index (χ0v) is 11.4. The molecule has 3 heteroatoms. The van der Waals surface area contributed by atoms with Crippen molar-refractivity contribution < 1.29 is 4.74 Å². The molecule has 0 rings (SSSR count). The lowest BCUT2D eigenvalue weighted by molar-refractivity contribution is 0.00678. The van der Waals surface area contributed by atoms with Gasteiger partial charge in [0.2, 0.25) is 0 Å². The minimum atomic E-state index is -0.0676. The highest BCUT2D eigenvalue weighted by atomic mass is 16.5. The van der Waals surface area contributed by atoms with Crippen LogP contribution in [-0.2, 0) is 4.74 Å². The Balaban J connectivity index is 4.06. The molecule has 0 fully saturated rings. The molecule has 0 amide bonds. The molecule has 0 bridgehead atoms. The summed E-state index contributed by atoms with van der Waals surface area (Å²) in [7, 11) is 1.75. The molecule has 3 nitrogen and oxygen atoms in total. The number of hydrogen-bond donors (Lipinski definition) is 0. The summed E-state index contributed by atoms with van der Waals surface area (Å²) in [6.45, 7) is 11.5. The average molecular weight is 226 g/mol. The van der Waals surface area contributed by atoms with E-state index >= 15 is 0 Å². The van der Waals surface area contributed by atoms with Crippen LogP contribution in [0.15, 0.2) is 0 Å². The van der Waals surface area contributed by atoms with Crippen LogP contribution in [0.3, 0.4) is 0 Å². The smallest absolute Gasteiger partial charge is 0.0635 e. The maximum Gasteiger partial charge on any atom is 0.0635 e. The lowest BCUT2D eigenvalue weighted by atomic mass is 10.0. The van der Waals surface area contributed by atoms with Gasteiger partial charge in [-0.1, -0.05) is 13.8 Å². The summed E-state index contributed by atoms with van der Waals surface area (Å²) in [6.07, 6.45) is 1.61. The Hall–Kier alpha value is -0.590. The summed E-state index contributed by atoms with van der Waals surface area (Å²) in [5.41, 5.74) is -0.0676. The molecular formula is C13H26N2O. The van der Waals surface area contributed by atoms with Crippen molar-refractivity contribution in [3.05, 3.63) is 0 Å². The van der Waals surface area contributed by atoms with E-state index in [1.807, 2.05) is 0 Å². The zero-order valence-electron chi connectivity index (χ0n) is 11.4. The standard InChI is InChI=1S/C13H26N2O/c1-12(2)11-15(9-6-8-14)10-7-13(3,4)16-5/h12H,6-7,9-11H2,1-5H3. The van der Waals surface area contributed by atoms with Crippen LogP contribution in [0.4, 0.5) is 0 Å². The minimum absolute atomic E-state index is 0.0676. The SMILES string of the molecule is COC(C)(C)CCN(CCC#N)CC(C)C. The quantitative estimate of drug-likeness (QED) is 0.638. The van der Waals surface area contributed by atoms with Gasteiger partial charge in [-0.2, -0.15) is 5.26 Å². The Kier molecular flexibility index (Phi) is 7.36. The van der Waals surface area contributed by atoms with Gasteiger partial charge in [0.15, 0.2) is 0 Å². The van der Waals surface area contributed by atoms with Gasteiger partial charge in [0.1, 0.15) is 0 Å². The van der Waals surface area contributed by atoms with Gasteiger partial charge in [0, 0.05) is 33.2 Å². The molecule has 0 unspecified atom stereocenters. The fourth-order valence-electron chi connectivity index (χ4n) is 1.55. The van der Waals surface area contributed by atoms with Gasteiger partial charge in [-0.25, -0.2) is 0 Å². The molecule has 0 saturated carbocycles. The number of rotatable bonds is 8. The molecule has 0 aliphatic rings. The lowest BCUT2D eigenvalue weighted by Crippen LogP contribution is -2.35. The van der Waals surface area contributed by atoms with Gasteiger partial charge >= 0.3 is 0 Å². The van der Waals surface area contributed by atoms with Crippen LogP contribution in [0, 0.1) is 17.2 Å². The monoisotopic (exact) mass is 226 g/mol. The van der Waals surface area contributed by atoms with Gasteiger partial charge in [0.25, 0.3) is 0 Å². The van der Waals surface area contributed by atoms with E-state index in [4.69, 9.17) is 10.00 Å². The summed E-state index contributed by atoms with van der Waals surface area (Å²) in [5.74, 6) is 0.643. The normalized spacial score (nSPS) is 12.1. The van der Waals surface area contributed by atoms with Gasteiger partial charge < -0.3 is 9.64 Å². The molecule has 0 saturated heterocycles. The van der Waals surface area contributed by atoms with Crippen molar-refractivity contribution in [2.75, 3.05) is 26.7 Å². The van der Waals surface area contributed by atoms with E-state index in [1.54, 1.807) is 7.11 Å². The topological polar surface area (TPSA) is 36.3 Å². The van der Waals surface area contributed by atoms with Crippen LogP contribution in [0.1, 0.15) is 40.5 Å². The van der Waals surface area contributed by atoms with E-state index in [-0.39, 0.29) is 5.60 Å². The van der Waals surface area contributed by atoms with E-state index in [1.165, 1.54) is 0 Å². The van der Waals surface area contributed by atoms with Crippen LogP contribution in [0.5, 0.6) is 0 Å². The lowest BCUT2D eigenvalue weighted by Gasteiger charge is -2.29. The largest absolute Gasteiger partial charge is 0.379 e. The maximum atomic E-state index is 8.62. The molecule has 94 valence electrons. The van der Waals surface area contributed by atoms with Crippen LogP contribution < -0.4 is 0 Å². The molecule has 0 atom stereocenters. The molecule has 0 aromatic rings. The number of methoxy groups -OCH3 is 1. The first-order chi connectivity index (χ1) is 7.41. The zero-order chi connectivity index (χ0) is 12.6. The second-order valence-corrected chi connectivity index (χ2v) is 5.32. The summed E-state index contributed by atoms with van der Waals surface area (Å²) in [6, 6.07) is 2.21. The van der Waals surface area contributed by atoms with E-state index in [2.05, 4.69) is 38.7 Å². The van der Waals surface area contributed by atoms with Crippen molar-refractivity contribution >= 4 is 0 Å². The fraction of sp³-hybridized carbons (Fsp3) is 0.923. The van der Waals surface area contributed by atoms with Gasteiger partial charge in [0.05, 0.1) is 11.7 Å². The minimum Gasteiger partial charge on any atom is -0.379 e. The third kappa shape index (κ3) is 7.67. The third-order valence-corrected chi connectivity index (χ3v) is 2.75. The van der Waals surface area contributed by atoms with Gasteiger partial charge in [-0.15, -0.1) is 0 Å². The number of hydrogen-bond acceptors (Lipinski definition) is 3. The molecule has 16 heavy (non-hydrogen) atoms.